The molecule has 0 bridgehead atoms. The van der Waals surface area contributed by atoms with E-state index in [-0.39, 0.29) is 5.82 Å². The van der Waals surface area contributed by atoms with Crippen LogP contribution in [0.2, 0.25) is 5.02 Å². The van der Waals surface area contributed by atoms with Crippen molar-refractivity contribution in [2.24, 2.45) is 0 Å². The van der Waals surface area contributed by atoms with Crippen molar-refractivity contribution in [3.8, 4) is 5.82 Å². The quantitative estimate of drug-likeness (QED) is 0.635. The summed E-state index contributed by atoms with van der Waals surface area (Å²) in [6.45, 7) is 0. The summed E-state index contributed by atoms with van der Waals surface area (Å²) in [6.07, 6.45) is 4.67. The number of halogens is 1. The number of nitrogens with zero attached hydrogens (tertiary/aromatic N) is 7. The van der Waals surface area contributed by atoms with Gasteiger partial charge in [-0.1, -0.05) is 11.6 Å². The number of nitrogen functional groups attached to an aromatic ring is 1. The third-order valence-electron chi connectivity index (χ3n) is 2.02. The number of rotatable bonds is 1. The van der Waals surface area contributed by atoms with Crippen LogP contribution in [0.1, 0.15) is 0 Å². The number of tetrazole rings is 1. The maximum Gasteiger partial charge on any atom is 0.199 e. The van der Waals surface area contributed by atoms with Crippen LogP contribution in [0.5, 0.6) is 0 Å². The topological polar surface area (TPSA) is 99.8 Å². The first-order chi connectivity index (χ1) is 7.75. The van der Waals surface area contributed by atoms with Crippen molar-refractivity contribution in [3.05, 3.63) is 23.6 Å². The maximum atomic E-state index is 5.81. The Hall–Kier alpha value is -2.22. The van der Waals surface area contributed by atoms with Gasteiger partial charge in [0.25, 0.3) is 0 Å². The van der Waals surface area contributed by atoms with Gasteiger partial charge in [0.1, 0.15) is 5.02 Å². The SMILES string of the molecule is Nc1nn(-c2cncc3nnnn23)cc1Cl. The minimum atomic E-state index is 0.242. The first kappa shape index (κ1) is 9.04. The summed E-state index contributed by atoms with van der Waals surface area (Å²) in [5.74, 6) is 0.799. The lowest BCUT2D eigenvalue weighted by molar-refractivity contribution is 0.748. The molecule has 2 N–H and O–H groups in total. The van der Waals surface area contributed by atoms with Crippen molar-refractivity contribution >= 4 is 23.1 Å². The number of fused-ring (bicyclic) bond motifs is 1. The molecule has 0 unspecified atom stereocenters. The minimum Gasteiger partial charge on any atom is -0.381 e. The van der Waals surface area contributed by atoms with Crippen LogP contribution in [-0.2, 0) is 0 Å². The van der Waals surface area contributed by atoms with E-state index in [0.29, 0.717) is 16.5 Å². The van der Waals surface area contributed by atoms with Gasteiger partial charge in [-0.3, -0.25) is 4.98 Å². The molecule has 0 amide bonds. The fourth-order valence-corrected chi connectivity index (χ4v) is 1.43. The molecule has 0 saturated carbocycles. The van der Waals surface area contributed by atoms with E-state index in [1.165, 1.54) is 15.4 Å². The van der Waals surface area contributed by atoms with Crippen LogP contribution >= 0.6 is 11.6 Å². The number of aromatic nitrogens is 7. The molecular weight excluding hydrogens is 232 g/mol. The van der Waals surface area contributed by atoms with Gasteiger partial charge >= 0.3 is 0 Å². The van der Waals surface area contributed by atoms with Gasteiger partial charge in [-0.15, -0.1) is 10.2 Å². The van der Waals surface area contributed by atoms with E-state index in [0.717, 1.165) is 0 Å². The summed E-state index contributed by atoms with van der Waals surface area (Å²) in [6, 6.07) is 0. The molecule has 0 fully saturated rings. The number of hydrogen-bond acceptors (Lipinski definition) is 6. The van der Waals surface area contributed by atoms with Crippen molar-refractivity contribution < 1.29 is 0 Å². The van der Waals surface area contributed by atoms with Gasteiger partial charge < -0.3 is 5.73 Å². The van der Waals surface area contributed by atoms with E-state index in [9.17, 15) is 0 Å². The molecule has 3 heterocycles. The first-order valence-corrected chi connectivity index (χ1v) is 4.66. The summed E-state index contributed by atoms with van der Waals surface area (Å²) in [7, 11) is 0. The molecule has 3 aromatic heterocycles. The van der Waals surface area contributed by atoms with Gasteiger partial charge in [0.2, 0.25) is 0 Å². The number of anilines is 1. The van der Waals surface area contributed by atoms with Crippen molar-refractivity contribution in [3.63, 3.8) is 0 Å². The van der Waals surface area contributed by atoms with E-state index < -0.39 is 0 Å². The molecule has 0 aliphatic heterocycles. The third-order valence-corrected chi connectivity index (χ3v) is 2.31. The van der Waals surface area contributed by atoms with E-state index in [2.05, 4.69) is 25.6 Å². The summed E-state index contributed by atoms with van der Waals surface area (Å²) in [5.41, 5.74) is 6.07. The predicted molar refractivity (Wildman–Crippen MR) is 55.1 cm³/mol. The van der Waals surface area contributed by atoms with Gasteiger partial charge in [-0.05, 0) is 10.4 Å². The molecule has 0 atom stereocenters. The molecule has 0 aliphatic carbocycles. The second-order valence-corrected chi connectivity index (χ2v) is 3.43. The molecule has 3 aromatic rings. The van der Waals surface area contributed by atoms with Crippen LogP contribution < -0.4 is 5.73 Å². The summed E-state index contributed by atoms with van der Waals surface area (Å²) in [5, 5.41) is 15.5. The third kappa shape index (κ3) is 1.20. The average Bonchev–Trinajstić information content (AvgIpc) is 2.85. The first-order valence-electron chi connectivity index (χ1n) is 4.29. The number of hydrogen-bond donors (Lipinski definition) is 1. The van der Waals surface area contributed by atoms with E-state index >= 15 is 0 Å². The molecule has 0 aliphatic rings. The van der Waals surface area contributed by atoms with Gasteiger partial charge in [0, 0.05) is 0 Å². The lowest BCUT2D eigenvalue weighted by Crippen LogP contribution is -2.05. The smallest absolute Gasteiger partial charge is 0.199 e. The van der Waals surface area contributed by atoms with Gasteiger partial charge in [0.05, 0.1) is 18.6 Å². The van der Waals surface area contributed by atoms with Gasteiger partial charge in [0.15, 0.2) is 17.3 Å². The highest BCUT2D eigenvalue weighted by Crippen LogP contribution is 2.18. The molecular formula is C7H5ClN8. The second-order valence-electron chi connectivity index (χ2n) is 3.02. The molecule has 9 heteroatoms. The standard InChI is InChI=1S/C7H5ClN8/c8-4-3-15(12-7(4)9)6-2-10-1-5-11-13-14-16(5)6/h1-3H,(H2,9,12). The number of nitrogens with two attached hydrogens (primary N) is 1. The lowest BCUT2D eigenvalue weighted by atomic mass is 10.6. The molecule has 0 spiro atoms. The Kier molecular flexibility index (Phi) is 1.77. The largest absolute Gasteiger partial charge is 0.381 e. The van der Waals surface area contributed by atoms with Crippen LogP contribution in [0, 0.1) is 0 Å². The Morgan fingerprint density at radius 2 is 2.19 bits per heavy atom. The molecule has 80 valence electrons. The molecule has 3 rings (SSSR count). The highest BCUT2D eigenvalue weighted by Gasteiger charge is 2.09. The Labute approximate surface area is 93.6 Å². The average molecular weight is 237 g/mol. The highest BCUT2D eigenvalue weighted by molar-refractivity contribution is 6.32. The maximum absolute atomic E-state index is 5.81. The van der Waals surface area contributed by atoms with Crippen LogP contribution in [-0.4, -0.2) is 34.8 Å². The summed E-state index contributed by atoms with van der Waals surface area (Å²) < 4.78 is 2.95. The van der Waals surface area contributed by atoms with Crippen LogP contribution in [0.15, 0.2) is 18.6 Å². The molecule has 8 nitrogen and oxygen atoms in total. The van der Waals surface area contributed by atoms with Crippen molar-refractivity contribution in [2.45, 2.75) is 0 Å². The molecule has 16 heavy (non-hydrogen) atoms. The summed E-state index contributed by atoms with van der Waals surface area (Å²) >= 11 is 5.81. The van der Waals surface area contributed by atoms with Gasteiger partial charge in [-0.25, -0.2) is 4.68 Å². The molecule has 0 radical (unpaired) electrons. The predicted octanol–water partition coefficient (Wildman–Crippen LogP) is -0.0594. The zero-order valence-electron chi connectivity index (χ0n) is 7.82. The molecule has 0 aromatic carbocycles. The van der Waals surface area contributed by atoms with Crippen molar-refractivity contribution in [1.82, 2.24) is 34.8 Å². The lowest BCUT2D eigenvalue weighted by Gasteiger charge is -2.00. The fourth-order valence-electron chi connectivity index (χ4n) is 1.30. The van der Waals surface area contributed by atoms with Crippen LogP contribution in [0.3, 0.4) is 0 Å². The van der Waals surface area contributed by atoms with Crippen molar-refractivity contribution in [1.29, 1.82) is 0 Å². The van der Waals surface area contributed by atoms with E-state index in [4.69, 9.17) is 17.3 Å². The van der Waals surface area contributed by atoms with Gasteiger partial charge in [-0.2, -0.15) is 4.52 Å². The van der Waals surface area contributed by atoms with E-state index in [1.54, 1.807) is 12.4 Å². The minimum absolute atomic E-state index is 0.242. The Morgan fingerprint density at radius 3 is 2.94 bits per heavy atom. The summed E-state index contributed by atoms with van der Waals surface area (Å²) in [4.78, 5) is 3.99. The molecule has 0 saturated heterocycles. The van der Waals surface area contributed by atoms with Crippen LogP contribution in [0.25, 0.3) is 11.5 Å². The highest BCUT2D eigenvalue weighted by atomic mass is 35.5. The van der Waals surface area contributed by atoms with Crippen molar-refractivity contribution in [2.75, 3.05) is 5.73 Å². The monoisotopic (exact) mass is 236 g/mol. The zero-order valence-corrected chi connectivity index (χ0v) is 8.57. The Morgan fingerprint density at radius 1 is 1.31 bits per heavy atom. The van der Waals surface area contributed by atoms with Crippen LogP contribution in [0.4, 0.5) is 5.82 Å². The fraction of sp³-hybridized carbons (Fsp3) is 0. The normalized spacial score (nSPS) is 11.1. The zero-order chi connectivity index (χ0) is 11.1. The van der Waals surface area contributed by atoms with E-state index in [1.807, 2.05) is 0 Å². The Balaban J connectivity index is 2.29. The second kappa shape index (κ2) is 3.14. The Bertz CT molecular complexity index is 636.